The van der Waals surface area contributed by atoms with Gasteiger partial charge in [0.2, 0.25) is 0 Å². The molecule has 2 aliphatic heterocycles. The molecule has 2 heterocycles. The summed E-state index contributed by atoms with van der Waals surface area (Å²) in [6, 6.07) is 13.4. The third-order valence-corrected chi connectivity index (χ3v) is 4.75. The normalized spacial score (nSPS) is 14.7. The summed E-state index contributed by atoms with van der Waals surface area (Å²) in [6.07, 6.45) is 1.96. The van der Waals surface area contributed by atoms with Crippen molar-refractivity contribution >= 4 is 29.0 Å². The number of fused-ring (bicyclic) bond motifs is 2. The number of rotatable bonds is 5. The van der Waals surface area contributed by atoms with E-state index in [9.17, 15) is 9.59 Å². The van der Waals surface area contributed by atoms with Gasteiger partial charge in [0, 0.05) is 37.1 Å². The molecular weight excluding hydrogens is 344 g/mol. The number of carbonyl (C=O) groups excluding carboxylic acids is 2. The monoisotopic (exact) mass is 366 g/mol. The number of amides is 3. The minimum absolute atomic E-state index is 0.0116. The summed E-state index contributed by atoms with van der Waals surface area (Å²) in [5, 5.41) is 8.39. The van der Waals surface area contributed by atoms with E-state index >= 15 is 0 Å². The molecular formula is C20H22N4O3. The number of ether oxygens (including phenoxy) is 1. The van der Waals surface area contributed by atoms with Crippen LogP contribution in [-0.2, 0) is 11.2 Å². The van der Waals surface area contributed by atoms with Gasteiger partial charge in [-0.3, -0.25) is 4.79 Å². The van der Waals surface area contributed by atoms with Gasteiger partial charge in [0.15, 0.2) is 6.61 Å². The van der Waals surface area contributed by atoms with E-state index in [1.807, 2.05) is 0 Å². The average Bonchev–Trinajstić information content (AvgIpc) is 3.08. The first-order chi connectivity index (χ1) is 13.2. The SMILES string of the molecule is O=C1COc2cc(NC(=O)NCCCN3CCc4ccccc43)ccc2N1. The van der Waals surface area contributed by atoms with Crippen LogP contribution in [0.4, 0.5) is 21.9 Å². The molecule has 3 N–H and O–H groups in total. The molecule has 2 aromatic rings. The Hall–Kier alpha value is -3.22. The lowest BCUT2D eigenvalue weighted by Crippen LogP contribution is -2.32. The van der Waals surface area contributed by atoms with Gasteiger partial charge in [0.25, 0.3) is 5.91 Å². The van der Waals surface area contributed by atoms with Crippen molar-refractivity contribution < 1.29 is 14.3 Å². The Kier molecular flexibility index (Phi) is 4.82. The lowest BCUT2D eigenvalue weighted by molar-refractivity contribution is -0.118. The van der Waals surface area contributed by atoms with Crippen LogP contribution in [0, 0.1) is 0 Å². The molecule has 0 radical (unpaired) electrons. The molecule has 0 saturated heterocycles. The predicted octanol–water partition coefficient (Wildman–Crippen LogP) is 2.59. The second-order valence-electron chi connectivity index (χ2n) is 6.65. The van der Waals surface area contributed by atoms with Crippen molar-refractivity contribution in [3.63, 3.8) is 0 Å². The summed E-state index contributed by atoms with van der Waals surface area (Å²) in [7, 11) is 0. The second-order valence-corrected chi connectivity index (χ2v) is 6.65. The number of anilines is 3. The minimum Gasteiger partial charge on any atom is -0.482 e. The van der Waals surface area contributed by atoms with E-state index < -0.39 is 0 Å². The smallest absolute Gasteiger partial charge is 0.319 e. The molecule has 0 atom stereocenters. The van der Waals surface area contributed by atoms with Crippen LogP contribution in [0.25, 0.3) is 0 Å². The van der Waals surface area contributed by atoms with Gasteiger partial charge in [-0.05, 0) is 36.6 Å². The van der Waals surface area contributed by atoms with Crippen LogP contribution in [0.2, 0.25) is 0 Å². The van der Waals surface area contributed by atoms with Gasteiger partial charge in [-0.2, -0.15) is 0 Å². The summed E-state index contributed by atoms with van der Waals surface area (Å²) in [5.41, 5.74) is 3.94. The van der Waals surface area contributed by atoms with Crippen LogP contribution in [0.3, 0.4) is 0 Å². The zero-order chi connectivity index (χ0) is 18.6. The summed E-state index contributed by atoms with van der Waals surface area (Å²) in [4.78, 5) is 25.7. The van der Waals surface area contributed by atoms with Crippen molar-refractivity contribution in [1.82, 2.24) is 5.32 Å². The van der Waals surface area contributed by atoms with E-state index in [1.54, 1.807) is 18.2 Å². The fourth-order valence-electron chi connectivity index (χ4n) is 3.44. The zero-order valence-electron chi connectivity index (χ0n) is 15.0. The van der Waals surface area contributed by atoms with Crippen LogP contribution in [0.5, 0.6) is 5.75 Å². The third kappa shape index (κ3) is 3.97. The molecule has 3 amide bonds. The number of nitrogens with one attached hydrogen (secondary N) is 3. The number of benzene rings is 2. The van der Waals surface area contributed by atoms with E-state index in [1.165, 1.54) is 11.3 Å². The van der Waals surface area contributed by atoms with E-state index in [0.717, 1.165) is 25.9 Å². The van der Waals surface area contributed by atoms with Crippen molar-refractivity contribution in [2.75, 3.05) is 41.8 Å². The van der Waals surface area contributed by atoms with Crippen LogP contribution < -0.4 is 25.6 Å². The Morgan fingerprint density at radius 3 is 3.04 bits per heavy atom. The highest BCUT2D eigenvalue weighted by Crippen LogP contribution is 2.30. The molecule has 2 aromatic carbocycles. The fraction of sp³-hybridized carbons (Fsp3) is 0.300. The van der Waals surface area contributed by atoms with Gasteiger partial charge in [0.05, 0.1) is 5.69 Å². The zero-order valence-corrected chi connectivity index (χ0v) is 15.0. The lowest BCUT2D eigenvalue weighted by Gasteiger charge is -2.20. The third-order valence-electron chi connectivity index (χ3n) is 4.75. The molecule has 0 aliphatic carbocycles. The van der Waals surface area contributed by atoms with Gasteiger partial charge in [-0.15, -0.1) is 0 Å². The first-order valence-corrected chi connectivity index (χ1v) is 9.13. The predicted molar refractivity (Wildman–Crippen MR) is 105 cm³/mol. The Morgan fingerprint density at radius 2 is 2.11 bits per heavy atom. The molecule has 2 aliphatic rings. The molecule has 4 rings (SSSR count). The van der Waals surface area contributed by atoms with Crippen LogP contribution in [0.1, 0.15) is 12.0 Å². The Balaban J connectivity index is 1.22. The van der Waals surface area contributed by atoms with Crippen molar-refractivity contribution in [3.8, 4) is 5.75 Å². The minimum atomic E-state index is -0.253. The molecule has 7 heteroatoms. The topological polar surface area (TPSA) is 82.7 Å². The molecule has 7 nitrogen and oxygen atoms in total. The van der Waals surface area contributed by atoms with Gasteiger partial charge in [-0.1, -0.05) is 18.2 Å². The fourth-order valence-corrected chi connectivity index (χ4v) is 3.44. The Bertz CT molecular complexity index is 868. The van der Waals surface area contributed by atoms with E-state index in [4.69, 9.17) is 4.74 Å². The number of nitrogens with zero attached hydrogens (tertiary/aromatic N) is 1. The lowest BCUT2D eigenvalue weighted by atomic mass is 10.2. The maximum absolute atomic E-state index is 12.1. The average molecular weight is 366 g/mol. The molecule has 0 bridgehead atoms. The highest BCUT2D eigenvalue weighted by molar-refractivity contribution is 5.96. The Labute approximate surface area is 157 Å². The standard InChI is InChI=1S/C20H22N4O3/c25-19-13-27-18-12-15(6-7-16(18)23-19)22-20(26)21-9-3-10-24-11-8-14-4-1-2-5-17(14)24/h1-2,4-7,12H,3,8-11,13H2,(H,23,25)(H2,21,22,26). The summed E-state index contributed by atoms with van der Waals surface area (Å²) < 4.78 is 5.35. The molecule has 0 aromatic heterocycles. The first kappa shape index (κ1) is 17.2. The number of carbonyl (C=O) groups is 2. The van der Waals surface area contributed by atoms with Crippen molar-refractivity contribution in [2.24, 2.45) is 0 Å². The molecule has 0 saturated carbocycles. The number of para-hydroxylation sites is 1. The summed E-state index contributed by atoms with van der Waals surface area (Å²) >= 11 is 0. The quantitative estimate of drug-likeness (QED) is 0.711. The van der Waals surface area contributed by atoms with Gasteiger partial charge in [-0.25, -0.2) is 4.79 Å². The highest BCUT2D eigenvalue weighted by Gasteiger charge is 2.18. The largest absolute Gasteiger partial charge is 0.482 e. The van der Waals surface area contributed by atoms with Gasteiger partial charge in [0.1, 0.15) is 5.75 Å². The van der Waals surface area contributed by atoms with Crippen LogP contribution >= 0.6 is 0 Å². The van der Waals surface area contributed by atoms with Gasteiger partial charge < -0.3 is 25.6 Å². The van der Waals surface area contributed by atoms with E-state index in [0.29, 0.717) is 23.7 Å². The second kappa shape index (κ2) is 7.57. The highest BCUT2D eigenvalue weighted by atomic mass is 16.5. The molecule has 0 spiro atoms. The van der Waals surface area contributed by atoms with E-state index in [-0.39, 0.29) is 18.5 Å². The van der Waals surface area contributed by atoms with Crippen molar-refractivity contribution in [2.45, 2.75) is 12.8 Å². The molecule has 27 heavy (non-hydrogen) atoms. The number of hydrogen-bond acceptors (Lipinski definition) is 4. The number of hydrogen-bond donors (Lipinski definition) is 3. The molecule has 0 fully saturated rings. The maximum Gasteiger partial charge on any atom is 0.319 e. The van der Waals surface area contributed by atoms with Crippen molar-refractivity contribution in [1.29, 1.82) is 0 Å². The summed E-state index contributed by atoms with van der Waals surface area (Å²) in [6.45, 7) is 2.55. The molecule has 0 unspecified atom stereocenters. The first-order valence-electron chi connectivity index (χ1n) is 9.13. The maximum atomic E-state index is 12.1. The number of urea groups is 1. The Morgan fingerprint density at radius 1 is 1.22 bits per heavy atom. The van der Waals surface area contributed by atoms with Gasteiger partial charge >= 0.3 is 6.03 Å². The summed E-state index contributed by atoms with van der Waals surface area (Å²) in [5.74, 6) is 0.377. The molecule has 140 valence electrons. The van der Waals surface area contributed by atoms with E-state index in [2.05, 4.69) is 45.1 Å². The van der Waals surface area contributed by atoms with Crippen molar-refractivity contribution in [3.05, 3.63) is 48.0 Å². The van der Waals surface area contributed by atoms with Crippen LogP contribution in [-0.4, -0.2) is 38.2 Å². The van der Waals surface area contributed by atoms with Crippen LogP contribution in [0.15, 0.2) is 42.5 Å².